The molecule has 1 saturated heterocycles. The third kappa shape index (κ3) is 3.83. The van der Waals surface area contributed by atoms with Crippen LogP contribution < -0.4 is 0 Å². The van der Waals surface area contributed by atoms with Gasteiger partial charge in [0, 0.05) is 12.3 Å². The van der Waals surface area contributed by atoms with Crippen LogP contribution in [-0.2, 0) is 9.16 Å². The predicted molar refractivity (Wildman–Crippen MR) is 104 cm³/mol. The molecule has 2 fully saturated rings. The lowest BCUT2D eigenvalue weighted by Gasteiger charge is -2.40. The minimum Gasteiger partial charge on any atom is -0.413 e. The highest BCUT2D eigenvalue weighted by Gasteiger charge is 2.67. The van der Waals surface area contributed by atoms with Crippen LogP contribution in [0.3, 0.4) is 0 Å². The van der Waals surface area contributed by atoms with Crippen molar-refractivity contribution in [1.82, 2.24) is 0 Å². The molecular formula is C21H38O2Si. The van der Waals surface area contributed by atoms with Crippen molar-refractivity contribution in [1.29, 1.82) is 0 Å². The van der Waals surface area contributed by atoms with Gasteiger partial charge in [-0.2, -0.15) is 0 Å². The van der Waals surface area contributed by atoms with E-state index in [9.17, 15) is 0 Å². The smallest absolute Gasteiger partial charge is 0.192 e. The van der Waals surface area contributed by atoms with Crippen molar-refractivity contribution in [3.05, 3.63) is 12.2 Å². The zero-order chi connectivity index (χ0) is 17.4. The molecular weight excluding hydrogens is 312 g/mol. The maximum Gasteiger partial charge on any atom is 0.192 e. The maximum atomic E-state index is 6.88. The van der Waals surface area contributed by atoms with Crippen LogP contribution in [0.1, 0.15) is 78.6 Å². The van der Waals surface area contributed by atoms with E-state index in [-0.39, 0.29) is 10.6 Å². The van der Waals surface area contributed by atoms with E-state index in [0.717, 1.165) is 6.42 Å². The average Bonchev–Trinajstić information content (AvgIpc) is 3.09. The summed E-state index contributed by atoms with van der Waals surface area (Å²) in [6.45, 7) is 11.8. The van der Waals surface area contributed by atoms with Gasteiger partial charge in [-0.25, -0.2) is 0 Å². The van der Waals surface area contributed by atoms with E-state index in [1.54, 1.807) is 0 Å². The Morgan fingerprint density at radius 3 is 2.42 bits per heavy atom. The largest absolute Gasteiger partial charge is 0.413 e. The first-order valence-corrected chi connectivity index (χ1v) is 13.2. The Balaban J connectivity index is 1.72. The van der Waals surface area contributed by atoms with E-state index in [2.05, 4.69) is 46.0 Å². The molecule has 4 atom stereocenters. The van der Waals surface area contributed by atoms with Crippen molar-refractivity contribution in [3.8, 4) is 0 Å². The highest BCUT2D eigenvalue weighted by Crippen LogP contribution is 2.57. The Morgan fingerprint density at radius 2 is 1.71 bits per heavy atom. The number of hydrogen-bond acceptors (Lipinski definition) is 2. The Bertz CT molecular complexity index is 465. The minimum atomic E-state index is -1.71. The third-order valence-electron chi connectivity index (χ3n) is 6.97. The Kier molecular flexibility index (Phi) is 5.35. The molecule has 0 spiro atoms. The quantitative estimate of drug-likeness (QED) is 0.335. The highest BCUT2D eigenvalue weighted by atomic mass is 28.4. The summed E-state index contributed by atoms with van der Waals surface area (Å²) in [6, 6.07) is 0. The van der Waals surface area contributed by atoms with Crippen molar-refractivity contribution in [2.75, 3.05) is 0 Å². The summed E-state index contributed by atoms with van der Waals surface area (Å²) in [5.41, 5.74) is 0.0335. The third-order valence-corrected chi connectivity index (χ3v) is 11.5. The van der Waals surface area contributed by atoms with Gasteiger partial charge in [-0.1, -0.05) is 65.0 Å². The van der Waals surface area contributed by atoms with E-state index in [1.807, 2.05) is 0 Å². The number of allylic oxidation sites excluding steroid dienone is 1. The van der Waals surface area contributed by atoms with Gasteiger partial charge >= 0.3 is 0 Å². The molecule has 0 N–H and O–H groups in total. The van der Waals surface area contributed by atoms with Crippen molar-refractivity contribution in [3.63, 3.8) is 0 Å². The fourth-order valence-electron chi connectivity index (χ4n) is 4.33. The van der Waals surface area contributed by atoms with Gasteiger partial charge in [0.2, 0.25) is 0 Å². The second kappa shape index (κ2) is 6.89. The molecule has 0 radical (unpaired) electrons. The summed E-state index contributed by atoms with van der Waals surface area (Å²) in [5, 5.41) is 0.287. The second-order valence-corrected chi connectivity index (χ2v) is 14.6. The van der Waals surface area contributed by atoms with Gasteiger partial charge in [0.15, 0.2) is 8.32 Å². The Hall–Kier alpha value is -0.123. The van der Waals surface area contributed by atoms with Crippen LogP contribution in [0.25, 0.3) is 0 Å². The number of hydrogen-bond donors (Lipinski definition) is 0. The van der Waals surface area contributed by atoms with E-state index in [4.69, 9.17) is 9.16 Å². The molecule has 3 rings (SSSR count). The average molecular weight is 351 g/mol. The van der Waals surface area contributed by atoms with Gasteiger partial charge in [0.05, 0.1) is 12.2 Å². The summed E-state index contributed by atoms with van der Waals surface area (Å²) in [6.07, 6.45) is 17.5. The molecule has 0 unspecified atom stereocenters. The summed E-state index contributed by atoms with van der Waals surface area (Å²) in [5.74, 6) is 0.615. The molecule has 1 saturated carbocycles. The molecule has 2 nitrogen and oxygen atoms in total. The molecule has 1 heterocycles. The summed E-state index contributed by atoms with van der Waals surface area (Å²) in [4.78, 5) is 0. The van der Waals surface area contributed by atoms with Gasteiger partial charge < -0.3 is 9.16 Å². The van der Waals surface area contributed by atoms with E-state index >= 15 is 0 Å². The van der Waals surface area contributed by atoms with Gasteiger partial charge in [0.1, 0.15) is 5.60 Å². The molecule has 0 aromatic carbocycles. The lowest BCUT2D eigenvalue weighted by molar-refractivity contribution is 0.0689. The zero-order valence-corrected chi connectivity index (χ0v) is 17.6. The minimum absolute atomic E-state index is 0.0335. The van der Waals surface area contributed by atoms with Gasteiger partial charge in [0.25, 0.3) is 0 Å². The number of epoxide rings is 1. The standard InChI is InChI=1S/C21H38O2Si/c1-20(2,3)24(4,5)23-18-16-21-15-13-11-9-7-6-8-10-12-14-17(18)19(21)22-21/h13,15,17-19H,6-12,14,16H2,1-5H3/b15-13-/t17-,18-,19+,21+/m0/s1. The lowest BCUT2D eigenvalue weighted by Crippen LogP contribution is -2.45. The van der Waals surface area contributed by atoms with Crippen molar-refractivity contribution >= 4 is 8.32 Å². The van der Waals surface area contributed by atoms with Crippen molar-refractivity contribution < 1.29 is 9.16 Å². The highest BCUT2D eigenvalue weighted by molar-refractivity contribution is 6.74. The summed E-state index contributed by atoms with van der Waals surface area (Å²) in [7, 11) is -1.71. The number of rotatable bonds is 2. The van der Waals surface area contributed by atoms with Crippen LogP contribution in [0.5, 0.6) is 0 Å². The molecule has 0 aromatic rings. The van der Waals surface area contributed by atoms with Crippen LogP contribution in [0, 0.1) is 5.92 Å². The molecule has 0 amide bonds. The van der Waals surface area contributed by atoms with Crippen LogP contribution in [0.4, 0.5) is 0 Å². The Labute approximate surface area is 150 Å². The fourth-order valence-corrected chi connectivity index (χ4v) is 5.70. The van der Waals surface area contributed by atoms with Gasteiger partial charge in [-0.05, 0) is 37.4 Å². The second-order valence-electron chi connectivity index (χ2n) is 9.88. The maximum absolute atomic E-state index is 6.88. The molecule has 1 aliphatic heterocycles. The van der Waals surface area contributed by atoms with E-state index in [0.29, 0.717) is 18.1 Å². The molecule has 3 heteroatoms. The van der Waals surface area contributed by atoms with Gasteiger partial charge in [-0.3, -0.25) is 0 Å². The van der Waals surface area contributed by atoms with Crippen molar-refractivity contribution in [2.45, 2.75) is 114 Å². The monoisotopic (exact) mass is 350 g/mol. The molecule has 24 heavy (non-hydrogen) atoms. The van der Waals surface area contributed by atoms with Crippen LogP contribution in [0.15, 0.2) is 12.2 Å². The van der Waals surface area contributed by atoms with E-state index < -0.39 is 8.32 Å². The van der Waals surface area contributed by atoms with Crippen molar-refractivity contribution in [2.24, 2.45) is 5.92 Å². The molecule has 2 bridgehead atoms. The molecule has 2 aliphatic carbocycles. The SMILES string of the molecule is CC(C)(C)[Si](C)(C)O[C@H]1C[C@]23/C=C\CCCCCCCC[C@@H]1[C@H]2O3. The first-order chi connectivity index (χ1) is 11.3. The first kappa shape index (κ1) is 18.7. The summed E-state index contributed by atoms with van der Waals surface area (Å²) < 4.78 is 13.1. The normalized spacial score (nSPS) is 39.3. The van der Waals surface area contributed by atoms with Gasteiger partial charge in [-0.15, -0.1) is 0 Å². The Morgan fingerprint density at radius 1 is 1.04 bits per heavy atom. The van der Waals surface area contributed by atoms with E-state index in [1.165, 1.54) is 51.4 Å². The zero-order valence-electron chi connectivity index (χ0n) is 16.6. The summed E-state index contributed by atoms with van der Waals surface area (Å²) >= 11 is 0. The fraction of sp³-hybridized carbons (Fsp3) is 0.905. The van der Waals surface area contributed by atoms with Crippen LogP contribution in [-0.4, -0.2) is 26.1 Å². The molecule has 138 valence electrons. The number of ether oxygens (including phenoxy) is 1. The lowest BCUT2D eigenvalue weighted by atomic mass is 9.96. The topological polar surface area (TPSA) is 21.8 Å². The molecule has 0 aromatic heterocycles. The molecule has 3 aliphatic rings. The predicted octanol–water partition coefficient (Wildman–Crippen LogP) is 6.22. The van der Waals surface area contributed by atoms with Crippen LogP contribution in [0.2, 0.25) is 18.1 Å². The first-order valence-electron chi connectivity index (χ1n) is 10.3. The van der Waals surface area contributed by atoms with Crippen LogP contribution >= 0.6 is 0 Å².